The summed E-state index contributed by atoms with van der Waals surface area (Å²) in [5, 5.41) is 4.95. The summed E-state index contributed by atoms with van der Waals surface area (Å²) in [6.07, 6.45) is 1.73. The topological polar surface area (TPSA) is 27.1 Å². The summed E-state index contributed by atoms with van der Waals surface area (Å²) in [5.74, 6) is 0. The fourth-order valence-electron chi connectivity index (χ4n) is 1.57. The minimum absolute atomic E-state index is 0.0150. The zero-order valence-corrected chi connectivity index (χ0v) is 9.98. The van der Waals surface area contributed by atoms with Gasteiger partial charge in [0.2, 0.25) is 0 Å². The number of aromatic nitrogens is 2. The van der Waals surface area contributed by atoms with Crippen molar-refractivity contribution >= 4 is 11.6 Å². The van der Waals surface area contributed by atoms with Crippen LogP contribution in [0.5, 0.6) is 0 Å². The van der Waals surface area contributed by atoms with Gasteiger partial charge in [0.05, 0.1) is 22.5 Å². The Labute approximate surface area is 99.6 Å². The Morgan fingerprint density at radius 2 is 2.06 bits per heavy atom. The lowest BCUT2D eigenvalue weighted by molar-refractivity contribution is 0.114. The zero-order valence-electron chi connectivity index (χ0n) is 9.22. The molecule has 1 heterocycles. The first-order valence-electron chi connectivity index (χ1n) is 5.05. The first-order valence-corrected chi connectivity index (χ1v) is 5.43. The van der Waals surface area contributed by atoms with Crippen LogP contribution in [0, 0.1) is 0 Å². The van der Waals surface area contributed by atoms with Crippen molar-refractivity contribution in [2.75, 3.05) is 7.11 Å². The summed E-state index contributed by atoms with van der Waals surface area (Å²) in [6.45, 7) is 1.98. The van der Waals surface area contributed by atoms with Crippen LogP contribution in [-0.4, -0.2) is 16.9 Å². The molecule has 0 bridgehead atoms. The number of rotatable bonds is 3. The number of hydrogen-bond acceptors (Lipinski definition) is 2. The van der Waals surface area contributed by atoms with Crippen LogP contribution in [0.25, 0.3) is 5.69 Å². The maximum atomic E-state index is 6.13. The van der Waals surface area contributed by atoms with Crippen molar-refractivity contribution < 1.29 is 4.74 Å². The second kappa shape index (κ2) is 4.68. The molecule has 1 atom stereocenters. The Morgan fingerprint density at radius 3 is 2.75 bits per heavy atom. The Balaban J connectivity index is 2.49. The van der Waals surface area contributed by atoms with Crippen LogP contribution in [0.2, 0.25) is 5.02 Å². The van der Waals surface area contributed by atoms with Gasteiger partial charge in [-0.15, -0.1) is 0 Å². The molecule has 0 fully saturated rings. The van der Waals surface area contributed by atoms with E-state index in [2.05, 4.69) is 5.10 Å². The van der Waals surface area contributed by atoms with Crippen LogP contribution in [0.1, 0.15) is 18.7 Å². The van der Waals surface area contributed by atoms with E-state index in [9.17, 15) is 0 Å². The van der Waals surface area contributed by atoms with Crippen LogP contribution in [0.3, 0.4) is 0 Å². The second-order valence-corrected chi connectivity index (χ2v) is 3.90. The van der Waals surface area contributed by atoms with E-state index >= 15 is 0 Å². The van der Waals surface area contributed by atoms with Gasteiger partial charge in [-0.05, 0) is 25.1 Å². The van der Waals surface area contributed by atoms with E-state index < -0.39 is 0 Å². The van der Waals surface area contributed by atoms with Crippen molar-refractivity contribution in [2.45, 2.75) is 13.0 Å². The van der Waals surface area contributed by atoms with E-state index in [0.29, 0.717) is 5.02 Å². The molecule has 3 nitrogen and oxygen atoms in total. The van der Waals surface area contributed by atoms with Gasteiger partial charge in [0.15, 0.2) is 0 Å². The Kier molecular flexibility index (Phi) is 3.27. The predicted octanol–water partition coefficient (Wildman–Crippen LogP) is 3.23. The minimum atomic E-state index is -0.0150. The molecule has 2 aromatic rings. The van der Waals surface area contributed by atoms with Gasteiger partial charge in [-0.3, -0.25) is 0 Å². The van der Waals surface area contributed by atoms with Crippen molar-refractivity contribution in [3.63, 3.8) is 0 Å². The number of ether oxygens (including phenoxy) is 1. The van der Waals surface area contributed by atoms with E-state index in [4.69, 9.17) is 16.3 Å². The average Bonchev–Trinajstić information content (AvgIpc) is 2.77. The molecule has 0 amide bonds. The fraction of sp³-hybridized carbons (Fsp3) is 0.250. The molecule has 4 heteroatoms. The highest BCUT2D eigenvalue weighted by atomic mass is 35.5. The van der Waals surface area contributed by atoms with E-state index in [1.807, 2.05) is 37.3 Å². The molecule has 0 saturated heterocycles. The SMILES string of the molecule is COC(C)c1ccnn1-c1ccccc1Cl. The average molecular weight is 237 g/mol. The van der Waals surface area contributed by atoms with Gasteiger partial charge in [-0.25, -0.2) is 4.68 Å². The lowest BCUT2D eigenvalue weighted by Gasteiger charge is -2.13. The molecule has 84 valence electrons. The Hall–Kier alpha value is -1.32. The summed E-state index contributed by atoms with van der Waals surface area (Å²) < 4.78 is 7.09. The third kappa shape index (κ3) is 1.96. The smallest absolute Gasteiger partial charge is 0.0964 e. The molecule has 0 N–H and O–H groups in total. The summed E-state index contributed by atoms with van der Waals surface area (Å²) >= 11 is 6.13. The second-order valence-electron chi connectivity index (χ2n) is 3.50. The van der Waals surface area contributed by atoms with Gasteiger partial charge in [0, 0.05) is 13.3 Å². The predicted molar refractivity (Wildman–Crippen MR) is 64.0 cm³/mol. The van der Waals surface area contributed by atoms with Gasteiger partial charge in [0.25, 0.3) is 0 Å². The van der Waals surface area contributed by atoms with E-state index in [1.54, 1.807) is 18.0 Å². The van der Waals surface area contributed by atoms with Crippen LogP contribution in [0.4, 0.5) is 0 Å². The number of halogens is 1. The highest BCUT2D eigenvalue weighted by molar-refractivity contribution is 6.32. The molecule has 0 radical (unpaired) electrons. The molecule has 0 aliphatic heterocycles. The highest BCUT2D eigenvalue weighted by Crippen LogP contribution is 2.24. The first-order chi connectivity index (χ1) is 7.74. The summed E-state index contributed by atoms with van der Waals surface area (Å²) in [4.78, 5) is 0. The van der Waals surface area contributed by atoms with E-state index in [1.165, 1.54) is 0 Å². The lowest BCUT2D eigenvalue weighted by Crippen LogP contribution is -2.07. The molecule has 1 aromatic carbocycles. The fourth-order valence-corrected chi connectivity index (χ4v) is 1.78. The van der Waals surface area contributed by atoms with Crippen LogP contribution < -0.4 is 0 Å². The number of nitrogens with zero attached hydrogens (tertiary/aromatic N) is 2. The van der Waals surface area contributed by atoms with E-state index in [-0.39, 0.29) is 6.10 Å². The number of para-hydroxylation sites is 1. The van der Waals surface area contributed by atoms with Gasteiger partial charge in [-0.2, -0.15) is 5.10 Å². The number of hydrogen-bond donors (Lipinski definition) is 0. The molecule has 0 aliphatic rings. The van der Waals surface area contributed by atoms with E-state index in [0.717, 1.165) is 11.4 Å². The van der Waals surface area contributed by atoms with Crippen molar-refractivity contribution in [3.8, 4) is 5.69 Å². The molecule has 16 heavy (non-hydrogen) atoms. The minimum Gasteiger partial charge on any atom is -0.375 e. The van der Waals surface area contributed by atoms with Crippen LogP contribution in [0.15, 0.2) is 36.5 Å². The molecule has 0 spiro atoms. The maximum absolute atomic E-state index is 6.13. The summed E-state index contributed by atoms with van der Waals surface area (Å²) in [5.41, 5.74) is 1.85. The maximum Gasteiger partial charge on any atom is 0.0964 e. The Morgan fingerprint density at radius 1 is 1.31 bits per heavy atom. The van der Waals surface area contributed by atoms with Crippen molar-refractivity contribution in [1.29, 1.82) is 0 Å². The molecule has 1 aromatic heterocycles. The zero-order chi connectivity index (χ0) is 11.5. The van der Waals surface area contributed by atoms with Gasteiger partial charge in [-0.1, -0.05) is 23.7 Å². The quantitative estimate of drug-likeness (QED) is 0.818. The summed E-state index contributed by atoms with van der Waals surface area (Å²) in [7, 11) is 1.68. The largest absolute Gasteiger partial charge is 0.375 e. The van der Waals surface area contributed by atoms with Crippen molar-refractivity contribution in [3.05, 3.63) is 47.2 Å². The number of methoxy groups -OCH3 is 1. The normalized spacial score (nSPS) is 12.7. The van der Waals surface area contributed by atoms with Crippen LogP contribution in [-0.2, 0) is 4.74 Å². The molecule has 0 aliphatic carbocycles. The van der Waals surface area contributed by atoms with Crippen molar-refractivity contribution in [1.82, 2.24) is 9.78 Å². The molecule has 2 rings (SSSR count). The monoisotopic (exact) mass is 236 g/mol. The van der Waals surface area contributed by atoms with Gasteiger partial charge in [0.1, 0.15) is 0 Å². The molecule has 1 unspecified atom stereocenters. The standard InChI is InChI=1S/C12H13ClN2O/c1-9(16-2)11-7-8-14-15(11)12-6-4-3-5-10(12)13/h3-9H,1-2H3. The van der Waals surface area contributed by atoms with Gasteiger partial charge < -0.3 is 4.74 Å². The first kappa shape index (κ1) is 11.2. The Bertz CT molecular complexity index is 481. The lowest BCUT2D eigenvalue weighted by atomic mass is 10.2. The van der Waals surface area contributed by atoms with Gasteiger partial charge >= 0.3 is 0 Å². The highest BCUT2D eigenvalue weighted by Gasteiger charge is 2.13. The number of benzene rings is 1. The molecule has 0 saturated carbocycles. The molecular weight excluding hydrogens is 224 g/mol. The third-order valence-corrected chi connectivity index (χ3v) is 2.84. The van der Waals surface area contributed by atoms with Crippen molar-refractivity contribution in [2.24, 2.45) is 0 Å². The molecular formula is C12H13ClN2O. The summed E-state index contributed by atoms with van der Waals surface area (Å²) in [6, 6.07) is 9.54. The third-order valence-electron chi connectivity index (χ3n) is 2.52. The van der Waals surface area contributed by atoms with Crippen LogP contribution >= 0.6 is 11.6 Å².